The van der Waals surface area contributed by atoms with E-state index >= 15 is 0 Å². The largest absolute Gasteiger partial charge is 0.344 e. The van der Waals surface area contributed by atoms with Crippen LogP contribution in [0.5, 0.6) is 0 Å². The Labute approximate surface area is 181 Å². The Morgan fingerprint density at radius 3 is 2.68 bits per heavy atom. The van der Waals surface area contributed by atoms with Gasteiger partial charge in [-0.3, -0.25) is 14.4 Å². The van der Waals surface area contributed by atoms with Crippen LogP contribution < -0.4 is 15.6 Å². The Morgan fingerprint density at radius 1 is 1.06 bits per heavy atom. The van der Waals surface area contributed by atoms with Crippen molar-refractivity contribution in [1.29, 1.82) is 0 Å². The molecule has 7 heteroatoms. The first kappa shape index (κ1) is 20.8. The van der Waals surface area contributed by atoms with Gasteiger partial charge in [-0.05, 0) is 61.6 Å². The summed E-state index contributed by atoms with van der Waals surface area (Å²) in [7, 11) is 0. The molecule has 0 saturated heterocycles. The summed E-state index contributed by atoms with van der Waals surface area (Å²) in [4.78, 5) is 36.9. The molecule has 0 radical (unpaired) electrons. The number of amides is 3. The van der Waals surface area contributed by atoms with Crippen molar-refractivity contribution in [3.63, 3.8) is 0 Å². The van der Waals surface area contributed by atoms with Crippen molar-refractivity contribution in [2.24, 2.45) is 5.10 Å². The zero-order chi connectivity index (χ0) is 22.1. The van der Waals surface area contributed by atoms with Crippen molar-refractivity contribution in [2.45, 2.75) is 52.5 Å². The van der Waals surface area contributed by atoms with Crippen LogP contribution in [0.4, 0.5) is 11.4 Å². The van der Waals surface area contributed by atoms with E-state index in [-0.39, 0.29) is 30.2 Å². The van der Waals surface area contributed by atoms with E-state index in [4.69, 9.17) is 0 Å². The van der Waals surface area contributed by atoms with Crippen LogP contribution in [0, 0.1) is 13.8 Å². The number of fused-ring (bicyclic) bond motifs is 1. The van der Waals surface area contributed by atoms with Crippen LogP contribution in [-0.4, -0.2) is 23.4 Å². The highest BCUT2D eigenvalue weighted by molar-refractivity contribution is 6.40. The molecule has 3 amide bonds. The van der Waals surface area contributed by atoms with Crippen LogP contribution in [0.3, 0.4) is 0 Å². The van der Waals surface area contributed by atoms with Crippen molar-refractivity contribution in [2.75, 3.05) is 10.3 Å². The molecule has 2 N–H and O–H groups in total. The second kappa shape index (κ2) is 8.34. The number of benzene rings is 2. The fraction of sp³-hybridized carbons (Fsp3) is 0.333. The summed E-state index contributed by atoms with van der Waals surface area (Å²) >= 11 is 0. The van der Waals surface area contributed by atoms with Gasteiger partial charge in [0.25, 0.3) is 5.91 Å². The van der Waals surface area contributed by atoms with E-state index < -0.39 is 0 Å². The molecule has 2 aromatic carbocycles. The number of hydrogen-bond donors (Lipinski definition) is 2. The average Bonchev–Trinajstić information content (AvgIpc) is 2.75. The van der Waals surface area contributed by atoms with Gasteiger partial charge in [0.1, 0.15) is 5.71 Å². The molecule has 1 unspecified atom stereocenters. The van der Waals surface area contributed by atoms with Crippen LogP contribution in [0.25, 0.3) is 0 Å². The average molecular weight is 418 g/mol. The number of hydrogen-bond acceptors (Lipinski definition) is 4. The van der Waals surface area contributed by atoms with Crippen LogP contribution in [0.1, 0.15) is 54.5 Å². The number of nitrogens with one attached hydrogen (secondary N) is 2. The predicted octanol–water partition coefficient (Wildman–Crippen LogP) is 3.55. The molecule has 7 nitrogen and oxygen atoms in total. The number of rotatable bonds is 4. The Kier molecular flexibility index (Phi) is 5.59. The van der Waals surface area contributed by atoms with Gasteiger partial charge < -0.3 is 10.6 Å². The van der Waals surface area contributed by atoms with Gasteiger partial charge in [0, 0.05) is 24.9 Å². The minimum atomic E-state index is -0.277. The van der Waals surface area contributed by atoms with E-state index in [0.717, 1.165) is 27.9 Å². The molecular weight excluding hydrogens is 392 g/mol. The number of carbonyl (C=O) groups excluding carboxylic acids is 3. The van der Waals surface area contributed by atoms with E-state index in [1.807, 2.05) is 57.2 Å². The normalized spacial score (nSPS) is 16.9. The Balaban J connectivity index is 1.52. The highest BCUT2D eigenvalue weighted by Crippen LogP contribution is 2.27. The number of nitrogens with zero attached hydrogens (tertiary/aromatic N) is 2. The van der Waals surface area contributed by atoms with Gasteiger partial charge in [-0.1, -0.05) is 24.3 Å². The first-order chi connectivity index (χ1) is 14.8. The molecule has 0 spiro atoms. The van der Waals surface area contributed by atoms with Gasteiger partial charge in [-0.25, -0.2) is 5.01 Å². The van der Waals surface area contributed by atoms with E-state index in [1.165, 1.54) is 5.01 Å². The molecule has 0 aliphatic carbocycles. The molecule has 0 aromatic heterocycles. The summed E-state index contributed by atoms with van der Waals surface area (Å²) in [5.41, 5.74) is 5.87. The molecule has 2 aromatic rings. The number of carbonyl (C=O) groups is 3. The lowest BCUT2D eigenvalue weighted by atomic mass is 9.97. The molecule has 160 valence electrons. The lowest BCUT2D eigenvalue weighted by Gasteiger charge is -2.25. The van der Waals surface area contributed by atoms with E-state index in [9.17, 15) is 14.4 Å². The maximum atomic E-state index is 12.9. The zero-order valence-electron chi connectivity index (χ0n) is 18.0. The first-order valence-electron chi connectivity index (χ1n) is 10.5. The third kappa shape index (κ3) is 4.35. The lowest BCUT2D eigenvalue weighted by Crippen LogP contribution is -2.40. The van der Waals surface area contributed by atoms with Gasteiger partial charge in [-0.2, -0.15) is 5.10 Å². The first-order valence-corrected chi connectivity index (χ1v) is 10.5. The molecule has 1 atom stereocenters. The van der Waals surface area contributed by atoms with Crippen molar-refractivity contribution < 1.29 is 14.4 Å². The molecule has 2 aliphatic heterocycles. The monoisotopic (exact) mass is 418 g/mol. The summed E-state index contributed by atoms with van der Waals surface area (Å²) in [6, 6.07) is 11.4. The van der Waals surface area contributed by atoms with Gasteiger partial charge in [-0.15, -0.1) is 0 Å². The quantitative estimate of drug-likeness (QED) is 0.796. The Hall–Kier alpha value is -3.48. The van der Waals surface area contributed by atoms with Gasteiger partial charge in [0.2, 0.25) is 11.8 Å². The highest BCUT2D eigenvalue weighted by Gasteiger charge is 2.27. The van der Waals surface area contributed by atoms with E-state index in [0.29, 0.717) is 30.7 Å². The predicted molar refractivity (Wildman–Crippen MR) is 120 cm³/mol. The smallest absolute Gasteiger partial charge is 0.267 e. The summed E-state index contributed by atoms with van der Waals surface area (Å²) in [5.74, 6) is -0.365. The van der Waals surface area contributed by atoms with E-state index in [2.05, 4.69) is 15.7 Å². The van der Waals surface area contributed by atoms with Crippen LogP contribution in [0.2, 0.25) is 0 Å². The van der Waals surface area contributed by atoms with E-state index in [1.54, 1.807) is 0 Å². The summed E-state index contributed by atoms with van der Waals surface area (Å²) in [6.07, 6.45) is 1.72. The molecule has 0 fully saturated rings. The summed E-state index contributed by atoms with van der Waals surface area (Å²) < 4.78 is 0. The minimum absolute atomic E-state index is 0.0276. The fourth-order valence-corrected chi connectivity index (χ4v) is 3.89. The Bertz CT molecular complexity index is 1110. The third-order valence-electron chi connectivity index (χ3n) is 5.76. The molecule has 0 saturated carbocycles. The second-order valence-electron chi connectivity index (χ2n) is 8.20. The molecule has 31 heavy (non-hydrogen) atoms. The number of aryl methyl sites for hydroxylation is 3. The summed E-state index contributed by atoms with van der Waals surface area (Å²) in [6.45, 7) is 5.80. The standard InChI is InChI=1S/C24H26N4O3/c1-14-4-5-15(2)21(12-14)28-23(30)11-9-20(27-28)24(31)25-16(3)17-6-8-19-18(13-17)7-10-22(29)26-19/h4-6,8,12-13,16H,7,9-11H2,1-3H3,(H,25,31)(H,26,29). The van der Waals surface area contributed by atoms with Crippen molar-refractivity contribution in [3.8, 4) is 0 Å². The molecular formula is C24H26N4O3. The Morgan fingerprint density at radius 2 is 1.87 bits per heavy atom. The maximum Gasteiger partial charge on any atom is 0.267 e. The molecule has 2 heterocycles. The lowest BCUT2D eigenvalue weighted by molar-refractivity contribution is -0.119. The summed E-state index contributed by atoms with van der Waals surface area (Å²) in [5, 5.41) is 11.6. The van der Waals surface area contributed by atoms with Gasteiger partial charge in [0.05, 0.1) is 11.7 Å². The van der Waals surface area contributed by atoms with Crippen LogP contribution in [-0.2, 0) is 20.8 Å². The highest BCUT2D eigenvalue weighted by atomic mass is 16.2. The van der Waals surface area contributed by atoms with Gasteiger partial charge in [0.15, 0.2) is 0 Å². The molecule has 4 rings (SSSR count). The van der Waals surface area contributed by atoms with Gasteiger partial charge >= 0.3 is 0 Å². The molecule has 2 aliphatic rings. The fourth-order valence-electron chi connectivity index (χ4n) is 3.89. The molecule has 0 bridgehead atoms. The second-order valence-corrected chi connectivity index (χ2v) is 8.20. The van der Waals surface area contributed by atoms with Crippen molar-refractivity contribution >= 4 is 34.8 Å². The third-order valence-corrected chi connectivity index (χ3v) is 5.76. The van der Waals surface area contributed by atoms with Crippen LogP contribution >= 0.6 is 0 Å². The zero-order valence-corrected chi connectivity index (χ0v) is 18.0. The van der Waals surface area contributed by atoms with Crippen LogP contribution in [0.15, 0.2) is 41.5 Å². The minimum Gasteiger partial charge on any atom is -0.344 e. The van der Waals surface area contributed by atoms with Crippen molar-refractivity contribution in [1.82, 2.24) is 5.32 Å². The SMILES string of the molecule is Cc1ccc(C)c(N2N=C(C(=O)NC(C)c3ccc4c(c3)CCC(=O)N4)CCC2=O)c1. The number of anilines is 2. The maximum absolute atomic E-state index is 12.9. The topological polar surface area (TPSA) is 90.9 Å². The van der Waals surface area contributed by atoms with Crippen molar-refractivity contribution in [3.05, 3.63) is 58.7 Å². The number of hydrazone groups is 1.